The van der Waals surface area contributed by atoms with Gasteiger partial charge in [-0.2, -0.15) is 0 Å². The van der Waals surface area contributed by atoms with Gasteiger partial charge >= 0.3 is 12.1 Å². The van der Waals surface area contributed by atoms with Crippen molar-refractivity contribution in [1.29, 1.82) is 0 Å². The molecule has 7 heteroatoms. The standard InChI is InChI=1S/C11H13BrN2O4/c1-11(2,3)17-10(16)14(12)18-9(15)8-6-4-5-7-13-8/h4-7H,1-3H3. The van der Waals surface area contributed by atoms with Crippen molar-refractivity contribution < 1.29 is 19.2 Å². The molecule has 0 aromatic carbocycles. The molecule has 1 rings (SSSR count). The number of hydrogen-bond donors (Lipinski definition) is 0. The molecule has 0 radical (unpaired) electrons. The zero-order chi connectivity index (χ0) is 13.8. The van der Waals surface area contributed by atoms with E-state index in [0.717, 1.165) is 0 Å². The number of carbonyl (C=O) groups excluding carboxylic acids is 2. The van der Waals surface area contributed by atoms with Crippen molar-refractivity contribution in [2.75, 3.05) is 0 Å². The van der Waals surface area contributed by atoms with E-state index in [4.69, 9.17) is 9.57 Å². The maximum atomic E-state index is 11.6. The van der Waals surface area contributed by atoms with Crippen LogP contribution in [0.5, 0.6) is 0 Å². The minimum absolute atomic E-state index is 0.0884. The summed E-state index contributed by atoms with van der Waals surface area (Å²) < 4.78 is 5.53. The highest BCUT2D eigenvalue weighted by atomic mass is 79.9. The summed E-state index contributed by atoms with van der Waals surface area (Å²) in [5, 5.41) is 0. The molecule has 1 amide bonds. The number of ether oxygens (including phenoxy) is 1. The van der Waals surface area contributed by atoms with E-state index in [0.29, 0.717) is 4.09 Å². The Hall–Kier alpha value is -1.63. The highest BCUT2D eigenvalue weighted by Gasteiger charge is 2.24. The van der Waals surface area contributed by atoms with E-state index in [9.17, 15) is 9.59 Å². The minimum atomic E-state index is -0.827. The number of carbonyl (C=O) groups is 2. The largest absolute Gasteiger partial charge is 0.454 e. The fourth-order valence-electron chi connectivity index (χ4n) is 0.938. The van der Waals surface area contributed by atoms with Crippen molar-refractivity contribution in [1.82, 2.24) is 9.07 Å². The lowest BCUT2D eigenvalue weighted by Crippen LogP contribution is -2.32. The third-order valence-corrected chi connectivity index (χ3v) is 2.01. The van der Waals surface area contributed by atoms with Crippen molar-refractivity contribution >= 4 is 28.2 Å². The maximum absolute atomic E-state index is 11.6. The van der Waals surface area contributed by atoms with Crippen molar-refractivity contribution in [2.45, 2.75) is 26.4 Å². The molecule has 1 aromatic rings. The number of hydrogen-bond acceptors (Lipinski definition) is 5. The van der Waals surface area contributed by atoms with Gasteiger partial charge in [-0.1, -0.05) is 10.2 Å². The Balaban J connectivity index is 2.58. The average Bonchev–Trinajstić information content (AvgIpc) is 2.27. The SMILES string of the molecule is CC(C)(C)OC(=O)N(Br)OC(=O)c1ccccn1. The number of amides is 1. The molecule has 0 fully saturated rings. The number of hydroxylamine groups is 1. The van der Waals surface area contributed by atoms with Crippen LogP contribution in [0, 0.1) is 0 Å². The van der Waals surface area contributed by atoms with Gasteiger partial charge < -0.3 is 9.57 Å². The van der Waals surface area contributed by atoms with Crippen LogP contribution in [0.15, 0.2) is 24.4 Å². The highest BCUT2D eigenvalue weighted by Crippen LogP contribution is 2.13. The molecule has 0 saturated heterocycles. The van der Waals surface area contributed by atoms with E-state index in [-0.39, 0.29) is 5.69 Å². The predicted molar refractivity (Wildman–Crippen MR) is 66.7 cm³/mol. The van der Waals surface area contributed by atoms with E-state index < -0.39 is 17.7 Å². The Kier molecular flexibility index (Phi) is 4.66. The van der Waals surface area contributed by atoms with Gasteiger partial charge in [0.15, 0.2) is 5.69 Å². The molecule has 0 aliphatic heterocycles. The minimum Gasteiger partial charge on any atom is -0.441 e. The molecule has 98 valence electrons. The second-order valence-corrected chi connectivity index (χ2v) is 4.96. The normalized spacial score (nSPS) is 10.7. The number of pyridine rings is 1. The van der Waals surface area contributed by atoms with E-state index in [2.05, 4.69) is 21.1 Å². The fourth-order valence-corrected chi connectivity index (χ4v) is 1.14. The van der Waals surface area contributed by atoms with Gasteiger partial charge in [-0.15, -0.1) is 0 Å². The molecule has 0 spiro atoms. The predicted octanol–water partition coefficient (Wildman–Crippen LogP) is 2.70. The third-order valence-electron chi connectivity index (χ3n) is 1.57. The third kappa shape index (κ3) is 4.70. The molecule has 1 aromatic heterocycles. The first-order chi connectivity index (χ1) is 8.29. The zero-order valence-electron chi connectivity index (χ0n) is 10.2. The van der Waals surface area contributed by atoms with Crippen LogP contribution >= 0.6 is 16.1 Å². The molecule has 0 aliphatic carbocycles. The monoisotopic (exact) mass is 316 g/mol. The van der Waals surface area contributed by atoms with Crippen LogP contribution in [0.4, 0.5) is 4.79 Å². The van der Waals surface area contributed by atoms with Crippen molar-refractivity contribution in [3.63, 3.8) is 0 Å². The first kappa shape index (κ1) is 14.4. The second-order valence-electron chi connectivity index (χ2n) is 4.32. The zero-order valence-corrected chi connectivity index (χ0v) is 11.8. The van der Waals surface area contributed by atoms with Crippen LogP contribution in [0.25, 0.3) is 0 Å². The van der Waals surface area contributed by atoms with Gasteiger partial charge in [-0.05, 0) is 32.9 Å². The quantitative estimate of drug-likeness (QED) is 0.588. The van der Waals surface area contributed by atoms with Crippen molar-refractivity contribution in [3.8, 4) is 0 Å². The molecule has 0 atom stereocenters. The molecule has 6 nitrogen and oxygen atoms in total. The topological polar surface area (TPSA) is 68.7 Å². The van der Waals surface area contributed by atoms with Gasteiger partial charge in [0.1, 0.15) is 21.7 Å². The average molecular weight is 317 g/mol. The van der Waals surface area contributed by atoms with Crippen molar-refractivity contribution in [3.05, 3.63) is 30.1 Å². The molecular weight excluding hydrogens is 304 g/mol. The van der Waals surface area contributed by atoms with E-state index >= 15 is 0 Å². The molecule has 1 heterocycles. The van der Waals surface area contributed by atoms with Crippen LogP contribution in [0.1, 0.15) is 31.3 Å². The second kappa shape index (κ2) is 5.81. The Morgan fingerprint density at radius 3 is 2.50 bits per heavy atom. The summed E-state index contributed by atoms with van der Waals surface area (Å²) in [4.78, 5) is 31.6. The van der Waals surface area contributed by atoms with Crippen LogP contribution in [-0.4, -0.2) is 26.7 Å². The Morgan fingerprint density at radius 2 is 2.00 bits per heavy atom. The maximum Gasteiger partial charge on any atom is 0.454 e. The van der Waals surface area contributed by atoms with Crippen LogP contribution in [0.2, 0.25) is 0 Å². The molecule has 0 N–H and O–H groups in total. The smallest absolute Gasteiger partial charge is 0.441 e. The summed E-state index contributed by atoms with van der Waals surface area (Å²) in [7, 11) is 0. The van der Waals surface area contributed by atoms with Crippen LogP contribution < -0.4 is 0 Å². The summed E-state index contributed by atoms with van der Waals surface area (Å²) >= 11 is 2.78. The lowest BCUT2D eigenvalue weighted by atomic mass is 10.2. The van der Waals surface area contributed by atoms with E-state index in [1.165, 1.54) is 12.3 Å². The van der Waals surface area contributed by atoms with Gasteiger partial charge in [-0.25, -0.2) is 14.6 Å². The first-order valence-electron chi connectivity index (χ1n) is 5.12. The fraction of sp³-hybridized carbons (Fsp3) is 0.364. The lowest BCUT2D eigenvalue weighted by Gasteiger charge is -2.22. The Morgan fingerprint density at radius 1 is 1.33 bits per heavy atom. The van der Waals surface area contributed by atoms with E-state index in [1.807, 2.05) is 0 Å². The number of aromatic nitrogens is 1. The molecule has 0 aliphatic rings. The summed E-state index contributed by atoms with van der Waals surface area (Å²) in [5.74, 6) is -0.765. The molecule has 0 unspecified atom stereocenters. The Labute approximate surface area is 113 Å². The molecule has 0 saturated carbocycles. The van der Waals surface area contributed by atoms with Crippen molar-refractivity contribution in [2.24, 2.45) is 0 Å². The summed E-state index contributed by atoms with van der Waals surface area (Å²) in [5.41, 5.74) is -0.592. The van der Waals surface area contributed by atoms with Crippen LogP contribution in [-0.2, 0) is 9.57 Å². The van der Waals surface area contributed by atoms with Crippen LogP contribution in [0.3, 0.4) is 0 Å². The summed E-state index contributed by atoms with van der Waals surface area (Å²) in [6.45, 7) is 5.10. The first-order valence-corrected chi connectivity index (χ1v) is 5.83. The molecular formula is C11H13BrN2O4. The molecule has 0 bridgehead atoms. The Bertz CT molecular complexity index is 430. The molecule has 18 heavy (non-hydrogen) atoms. The summed E-state index contributed by atoms with van der Waals surface area (Å²) in [6, 6.07) is 4.77. The lowest BCUT2D eigenvalue weighted by molar-refractivity contribution is -0.0494. The number of nitrogens with zero attached hydrogens (tertiary/aromatic N) is 2. The van der Waals surface area contributed by atoms with Gasteiger partial charge in [0.2, 0.25) is 0 Å². The number of rotatable bonds is 1. The van der Waals surface area contributed by atoms with Gasteiger partial charge in [0, 0.05) is 6.20 Å². The summed E-state index contributed by atoms with van der Waals surface area (Å²) in [6.07, 6.45) is 0.620. The number of halogens is 1. The highest BCUT2D eigenvalue weighted by molar-refractivity contribution is 9.07. The van der Waals surface area contributed by atoms with Gasteiger partial charge in [0.25, 0.3) is 0 Å². The van der Waals surface area contributed by atoms with Gasteiger partial charge in [0.05, 0.1) is 0 Å². The van der Waals surface area contributed by atoms with E-state index in [1.54, 1.807) is 32.9 Å². The van der Waals surface area contributed by atoms with Gasteiger partial charge in [-0.3, -0.25) is 0 Å².